The topological polar surface area (TPSA) is 66.2 Å². The van der Waals surface area contributed by atoms with Crippen LogP contribution in [0.5, 0.6) is 0 Å². The van der Waals surface area contributed by atoms with Gasteiger partial charge in [-0.15, -0.1) is 0 Å². The van der Waals surface area contributed by atoms with Crippen molar-refractivity contribution in [3.63, 3.8) is 0 Å². The van der Waals surface area contributed by atoms with Crippen molar-refractivity contribution in [2.45, 2.75) is 52.4 Å². The monoisotopic (exact) mass is 948 g/mol. The van der Waals surface area contributed by atoms with Gasteiger partial charge in [0.05, 0.1) is 58.5 Å². The number of fused-ring (bicyclic) bond motifs is 8. The van der Waals surface area contributed by atoms with E-state index >= 15 is 0 Å². The first-order valence-electron chi connectivity index (χ1n) is 24.8. The zero-order valence-electron chi connectivity index (χ0n) is 42.0. The fourth-order valence-electron chi connectivity index (χ4n) is 11.1. The highest BCUT2D eigenvalue weighted by Gasteiger charge is 2.23. The van der Waals surface area contributed by atoms with Crippen LogP contribution in [0.25, 0.3) is 120 Å². The van der Waals surface area contributed by atoms with Crippen LogP contribution in [0.4, 0.5) is 11.4 Å². The van der Waals surface area contributed by atoms with Crippen LogP contribution in [0.1, 0.15) is 63.8 Å². The summed E-state index contributed by atoms with van der Waals surface area (Å²) in [6.45, 7) is 29.2. The summed E-state index contributed by atoms with van der Waals surface area (Å²) in [5.74, 6) is 0. The quantitative estimate of drug-likeness (QED) is 0.127. The van der Waals surface area contributed by atoms with Crippen molar-refractivity contribution < 1.29 is 0 Å². The van der Waals surface area contributed by atoms with Gasteiger partial charge in [0.2, 0.25) is 0 Å². The summed E-state index contributed by atoms with van der Waals surface area (Å²) >= 11 is 0. The highest BCUT2D eigenvalue weighted by atomic mass is 15.0. The molecule has 0 aliphatic carbocycles. The Kier molecular flexibility index (Phi) is 10.4. The minimum absolute atomic E-state index is 0.0454. The van der Waals surface area contributed by atoms with E-state index in [1.54, 1.807) is 0 Å². The highest BCUT2D eigenvalue weighted by molar-refractivity contribution is 6.23. The van der Waals surface area contributed by atoms with Crippen molar-refractivity contribution in [3.05, 3.63) is 227 Å². The number of rotatable bonds is 5. The molecule has 74 heavy (non-hydrogen) atoms. The zero-order valence-corrected chi connectivity index (χ0v) is 42.0. The lowest BCUT2D eigenvalue weighted by Gasteiger charge is -2.22. The van der Waals surface area contributed by atoms with Crippen LogP contribution < -0.4 is 0 Å². The van der Waals surface area contributed by atoms with Crippen LogP contribution in [-0.2, 0) is 10.8 Å². The molecule has 10 aromatic carbocycles. The molecule has 0 spiro atoms. The Morgan fingerprint density at radius 2 is 0.689 bits per heavy atom. The molecule has 2 aromatic heterocycles. The number of benzene rings is 10. The summed E-state index contributed by atoms with van der Waals surface area (Å²) in [5, 5.41) is 28.0. The minimum atomic E-state index is -0.0454. The molecule has 12 aromatic rings. The van der Waals surface area contributed by atoms with Crippen LogP contribution >= 0.6 is 0 Å². The van der Waals surface area contributed by atoms with E-state index in [1.807, 2.05) is 72.8 Å². The summed E-state index contributed by atoms with van der Waals surface area (Å²) in [7, 11) is 0. The van der Waals surface area contributed by atoms with E-state index in [-0.39, 0.29) is 10.8 Å². The lowest BCUT2D eigenvalue weighted by molar-refractivity contribution is 0.590. The molecule has 0 saturated heterocycles. The van der Waals surface area contributed by atoms with E-state index in [0.717, 1.165) is 110 Å². The lowest BCUT2D eigenvalue weighted by Crippen LogP contribution is -2.10. The molecule has 0 fully saturated rings. The van der Waals surface area contributed by atoms with Gasteiger partial charge in [-0.2, -0.15) is 10.5 Å². The molecule has 0 bridgehead atoms. The third-order valence-corrected chi connectivity index (χ3v) is 14.9. The normalized spacial score (nSPS) is 11.9. The molecule has 0 amide bonds. The average Bonchev–Trinajstić information content (AvgIpc) is 3.92. The van der Waals surface area contributed by atoms with Gasteiger partial charge in [-0.3, -0.25) is 0 Å². The first-order chi connectivity index (χ1) is 35.7. The predicted octanol–water partition coefficient (Wildman–Crippen LogP) is 18.6. The Morgan fingerprint density at radius 1 is 0.351 bits per heavy atom. The molecule has 6 nitrogen and oxygen atoms in total. The van der Waals surface area contributed by atoms with Gasteiger partial charge >= 0.3 is 0 Å². The maximum Gasteiger partial charge on any atom is 0.188 e. The maximum atomic E-state index is 10.0. The van der Waals surface area contributed by atoms with E-state index in [1.165, 1.54) is 11.1 Å². The predicted molar refractivity (Wildman–Crippen MR) is 306 cm³/mol. The maximum absolute atomic E-state index is 10.0. The molecule has 12 rings (SSSR count). The van der Waals surface area contributed by atoms with Gasteiger partial charge in [0, 0.05) is 22.1 Å². The largest absolute Gasteiger partial charge is 0.309 e. The summed E-state index contributed by atoms with van der Waals surface area (Å²) < 4.78 is 4.52. The highest BCUT2D eigenvalue weighted by Crippen LogP contribution is 2.47. The Hall–Kier alpha value is -9.72. The summed E-state index contributed by atoms with van der Waals surface area (Å²) in [4.78, 5) is 7.56. The smallest absolute Gasteiger partial charge is 0.188 e. The second-order valence-corrected chi connectivity index (χ2v) is 21.4. The van der Waals surface area contributed by atoms with Gasteiger partial charge in [0.1, 0.15) is 0 Å². The van der Waals surface area contributed by atoms with E-state index < -0.39 is 0 Å². The van der Waals surface area contributed by atoms with Gasteiger partial charge in [0.25, 0.3) is 0 Å². The SMILES string of the molecule is [C-]#[N+]c1ccc2c(c1)c1cc(C#N)ccc1n2-c1ccc2c(-c3ccc(C(C)(C)C)cc3)c3cc(-n4c5ccc(C#N)cc5c5cc([N+]#[C-])ccc54)ccc3c(-c3ccc(-c4ccc(C(C)(C)C)cc4)cc3)c2c1. The van der Waals surface area contributed by atoms with Crippen molar-refractivity contribution >= 4 is 76.5 Å². The summed E-state index contributed by atoms with van der Waals surface area (Å²) in [6, 6.07) is 68.4. The Bertz CT molecular complexity index is 4360. The van der Waals surface area contributed by atoms with Crippen LogP contribution in [0.3, 0.4) is 0 Å². The minimum Gasteiger partial charge on any atom is -0.309 e. The van der Waals surface area contributed by atoms with Gasteiger partial charge in [-0.05, 0) is 173 Å². The van der Waals surface area contributed by atoms with E-state index in [9.17, 15) is 10.5 Å². The van der Waals surface area contributed by atoms with Gasteiger partial charge in [-0.1, -0.05) is 139 Å². The average molecular weight is 949 g/mol. The van der Waals surface area contributed by atoms with Gasteiger partial charge in [0.15, 0.2) is 11.4 Å². The molecular formula is C68H48N6. The number of nitrogens with zero attached hydrogens (tertiary/aromatic N) is 6. The third kappa shape index (κ3) is 7.36. The van der Waals surface area contributed by atoms with E-state index in [4.69, 9.17) is 13.1 Å². The number of hydrogen-bond acceptors (Lipinski definition) is 2. The Balaban J connectivity index is 1.18. The molecule has 0 N–H and O–H groups in total. The number of aromatic nitrogens is 2. The molecule has 0 atom stereocenters. The molecule has 0 saturated carbocycles. The molecule has 0 unspecified atom stereocenters. The third-order valence-electron chi connectivity index (χ3n) is 14.9. The van der Waals surface area contributed by atoms with Crippen LogP contribution in [0, 0.1) is 35.8 Å². The van der Waals surface area contributed by atoms with Gasteiger partial charge in [-0.25, -0.2) is 9.69 Å². The molecule has 350 valence electrons. The van der Waals surface area contributed by atoms with Crippen molar-refractivity contribution in [3.8, 4) is 56.9 Å². The van der Waals surface area contributed by atoms with E-state index in [0.29, 0.717) is 22.5 Å². The fourth-order valence-corrected chi connectivity index (χ4v) is 11.1. The Morgan fingerprint density at radius 3 is 1.05 bits per heavy atom. The fraction of sp³-hybridized carbons (Fsp3) is 0.118. The molecule has 0 radical (unpaired) electrons. The molecule has 6 heteroatoms. The van der Waals surface area contributed by atoms with Crippen molar-refractivity contribution in [1.29, 1.82) is 10.5 Å². The summed E-state index contributed by atoms with van der Waals surface area (Å²) in [5.41, 5.74) is 17.1. The van der Waals surface area contributed by atoms with Crippen molar-refractivity contribution in [1.82, 2.24) is 9.13 Å². The summed E-state index contributed by atoms with van der Waals surface area (Å²) in [6.07, 6.45) is 0. The molecular weight excluding hydrogens is 901 g/mol. The number of hydrogen-bond donors (Lipinski definition) is 0. The van der Waals surface area contributed by atoms with Crippen molar-refractivity contribution in [2.75, 3.05) is 0 Å². The van der Waals surface area contributed by atoms with Crippen LogP contribution in [0.2, 0.25) is 0 Å². The second-order valence-electron chi connectivity index (χ2n) is 21.4. The molecule has 0 aliphatic heterocycles. The lowest BCUT2D eigenvalue weighted by atomic mass is 9.83. The second kappa shape index (κ2) is 17.0. The van der Waals surface area contributed by atoms with E-state index in [2.05, 4.69) is 182 Å². The van der Waals surface area contributed by atoms with Crippen LogP contribution in [0.15, 0.2) is 182 Å². The molecule has 2 heterocycles. The molecule has 0 aliphatic rings. The Labute approximate surface area is 430 Å². The first-order valence-corrected chi connectivity index (χ1v) is 24.8. The van der Waals surface area contributed by atoms with Gasteiger partial charge < -0.3 is 9.13 Å². The van der Waals surface area contributed by atoms with Crippen LogP contribution in [-0.4, -0.2) is 9.13 Å². The zero-order chi connectivity index (χ0) is 51.2. The van der Waals surface area contributed by atoms with Crippen molar-refractivity contribution in [2.24, 2.45) is 0 Å². The first kappa shape index (κ1) is 45.4. The number of nitriles is 2. The standard InChI is InChI=1S/C68H48N6/c1-67(2,3)47-19-15-44(16-20-47)43-11-13-45(14-12-43)65-53-27-25-52(74-62-30-10-42(40-70)34-56(62)58-36-50(72-8)24-32-64(58)74)38-60(53)66(46-17-21-48(22-18-46)68(4,5)6)54-28-26-51(37-59(54)65)73-61-29-9-41(39-69)33-55(61)57-35-49(71-7)23-31-63(57)73/h9-38H,1-6H3.